The standard InChI is InChI=1S/C14H8IN3O4/c15-8-3-1-2-7(4-8)14-17-11-6-9(18(20)21)5-10(13(16)19)12(11)22-14/h1-6H,(H2,16,19). The second-order valence-electron chi connectivity index (χ2n) is 4.49. The maximum Gasteiger partial charge on any atom is 0.272 e. The molecule has 3 aromatic rings. The number of fused-ring (bicyclic) bond motifs is 1. The van der Waals surface area contributed by atoms with Crippen LogP contribution in [0.5, 0.6) is 0 Å². The molecule has 0 aliphatic carbocycles. The number of non-ortho nitro benzene ring substituents is 1. The van der Waals surface area contributed by atoms with E-state index in [1.54, 1.807) is 6.07 Å². The number of aromatic nitrogens is 1. The molecule has 0 aliphatic rings. The molecular weight excluding hydrogens is 401 g/mol. The molecule has 0 saturated carbocycles. The van der Waals surface area contributed by atoms with Gasteiger partial charge in [0, 0.05) is 21.3 Å². The van der Waals surface area contributed by atoms with Gasteiger partial charge in [0.1, 0.15) is 5.52 Å². The van der Waals surface area contributed by atoms with Crippen molar-refractivity contribution < 1.29 is 14.1 Å². The Morgan fingerprint density at radius 1 is 1.32 bits per heavy atom. The molecule has 0 fully saturated rings. The smallest absolute Gasteiger partial charge is 0.272 e. The molecule has 2 N–H and O–H groups in total. The van der Waals surface area contributed by atoms with Gasteiger partial charge in [0.2, 0.25) is 5.89 Å². The summed E-state index contributed by atoms with van der Waals surface area (Å²) in [5.41, 5.74) is 6.02. The van der Waals surface area contributed by atoms with Crippen molar-refractivity contribution in [3.8, 4) is 11.5 Å². The highest BCUT2D eigenvalue weighted by Gasteiger charge is 2.20. The number of rotatable bonds is 3. The highest BCUT2D eigenvalue weighted by Crippen LogP contribution is 2.30. The first-order valence-corrected chi connectivity index (χ1v) is 7.18. The van der Waals surface area contributed by atoms with Crippen LogP contribution in [0.3, 0.4) is 0 Å². The van der Waals surface area contributed by atoms with Gasteiger partial charge in [-0.2, -0.15) is 0 Å². The van der Waals surface area contributed by atoms with Crippen LogP contribution in [-0.2, 0) is 0 Å². The Balaban J connectivity index is 2.26. The van der Waals surface area contributed by atoms with Crippen molar-refractivity contribution in [2.75, 3.05) is 0 Å². The molecule has 1 heterocycles. The van der Waals surface area contributed by atoms with E-state index in [0.717, 1.165) is 9.64 Å². The van der Waals surface area contributed by atoms with Gasteiger partial charge >= 0.3 is 0 Å². The number of hydrogen-bond donors (Lipinski definition) is 1. The number of nitro groups is 1. The summed E-state index contributed by atoms with van der Waals surface area (Å²) < 4.78 is 6.58. The van der Waals surface area contributed by atoms with E-state index in [-0.39, 0.29) is 28.2 Å². The number of nitrogens with zero attached hydrogens (tertiary/aromatic N) is 2. The lowest BCUT2D eigenvalue weighted by Crippen LogP contribution is -2.11. The number of halogens is 1. The minimum absolute atomic E-state index is 0.0615. The number of benzene rings is 2. The van der Waals surface area contributed by atoms with Gasteiger partial charge in [-0.15, -0.1) is 0 Å². The van der Waals surface area contributed by atoms with Crippen molar-refractivity contribution in [2.24, 2.45) is 5.73 Å². The van der Waals surface area contributed by atoms with Crippen LogP contribution in [0.15, 0.2) is 40.8 Å². The lowest BCUT2D eigenvalue weighted by atomic mass is 10.1. The van der Waals surface area contributed by atoms with Crippen LogP contribution >= 0.6 is 22.6 Å². The number of hydrogen-bond acceptors (Lipinski definition) is 5. The SMILES string of the molecule is NC(=O)c1cc([N+](=O)[O-])cc2nc(-c3cccc(I)c3)oc12. The molecular formula is C14H8IN3O4. The van der Waals surface area contributed by atoms with Gasteiger partial charge in [-0.25, -0.2) is 4.98 Å². The molecule has 22 heavy (non-hydrogen) atoms. The predicted molar refractivity (Wildman–Crippen MR) is 87.3 cm³/mol. The second kappa shape index (κ2) is 5.37. The van der Waals surface area contributed by atoms with E-state index >= 15 is 0 Å². The Morgan fingerprint density at radius 2 is 2.09 bits per heavy atom. The van der Waals surface area contributed by atoms with E-state index in [4.69, 9.17) is 10.2 Å². The van der Waals surface area contributed by atoms with Crippen LogP contribution in [-0.4, -0.2) is 15.8 Å². The van der Waals surface area contributed by atoms with Crippen LogP contribution in [0.4, 0.5) is 5.69 Å². The second-order valence-corrected chi connectivity index (χ2v) is 5.74. The molecule has 3 rings (SSSR count). The zero-order chi connectivity index (χ0) is 15.9. The van der Waals surface area contributed by atoms with Crippen LogP contribution in [0, 0.1) is 13.7 Å². The van der Waals surface area contributed by atoms with Gasteiger partial charge in [-0.05, 0) is 40.8 Å². The predicted octanol–water partition coefficient (Wildman–Crippen LogP) is 3.11. The van der Waals surface area contributed by atoms with Crippen LogP contribution in [0.2, 0.25) is 0 Å². The molecule has 0 unspecified atom stereocenters. The molecule has 7 nitrogen and oxygen atoms in total. The molecule has 0 spiro atoms. The Morgan fingerprint density at radius 3 is 2.73 bits per heavy atom. The van der Waals surface area contributed by atoms with Gasteiger partial charge in [0.05, 0.1) is 10.5 Å². The van der Waals surface area contributed by atoms with E-state index in [0.29, 0.717) is 5.56 Å². The highest BCUT2D eigenvalue weighted by molar-refractivity contribution is 14.1. The molecule has 1 aromatic heterocycles. The van der Waals surface area contributed by atoms with Crippen molar-refractivity contribution in [3.05, 3.63) is 55.6 Å². The van der Waals surface area contributed by atoms with E-state index in [9.17, 15) is 14.9 Å². The molecule has 1 amide bonds. The Hall–Kier alpha value is -2.49. The number of carbonyl (C=O) groups excluding carboxylic acids is 1. The lowest BCUT2D eigenvalue weighted by Gasteiger charge is -1.97. The molecule has 0 bridgehead atoms. The number of nitro benzene ring substituents is 1. The molecule has 2 aromatic carbocycles. The fraction of sp³-hybridized carbons (Fsp3) is 0. The first-order valence-electron chi connectivity index (χ1n) is 6.10. The quantitative estimate of drug-likeness (QED) is 0.406. The molecule has 0 atom stereocenters. The Kier molecular flexibility index (Phi) is 3.53. The van der Waals surface area contributed by atoms with E-state index in [1.165, 1.54) is 6.07 Å². The van der Waals surface area contributed by atoms with E-state index in [1.807, 2.05) is 18.2 Å². The molecule has 110 valence electrons. The molecule has 0 saturated heterocycles. The fourth-order valence-electron chi connectivity index (χ4n) is 2.05. The largest absolute Gasteiger partial charge is 0.435 e. The number of nitrogens with two attached hydrogens (primary N) is 1. The summed E-state index contributed by atoms with van der Waals surface area (Å²) >= 11 is 2.15. The maximum absolute atomic E-state index is 11.5. The summed E-state index contributed by atoms with van der Waals surface area (Å²) in [5, 5.41) is 10.9. The van der Waals surface area contributed by atoms with Gasteiger partial charge in [0.15, 0.2) is 5.58 Å². The molecule has 8 heteroatoms. The summed E-state index contributed by atoms with van der Waals surface area (Å²) in [4.78, 5) is 26.1. The van der Waals surface area contributed by atoms with Crippen molar-refractivity contribution in [2.45, 2.75) is 0 Å². The highest BCUT2D eigenvalue weighted by atomic mass is 127. The van der Waals surface area contributed by atoms with Gasteiger partial charge in [-0.3, -0.25) is 14.9 Å². The van der Waals surface area contributed by atoms with E-state index < -0.39 is 10.8 Å². The summed E-state index contributed by atoms with van der Waals surface area (Å²) in [6, 6.07) is 9.74. The van der Waals surface area contributed by atoms with Crippen LogP contribution < -0.4 is 5.73 Å². The Labute approximate surface area is 137 Å². The van der Waals surface area contributed by atoms with Crippen molar-refractivity contribution in [3.63, 3.8) is 0 Å². The number of carbonyl (C=O) groups is 1. The van der Waals surface area contributed by atoms with Crippen molar-refractivity contribution in [1.29, 1.82) is 0 Å². The maximum atomic E-state index is 11.5. The van der Waals surface area contributed by atoms with Crippen LogP contribution in [0.25, 0.3) is 22.6 Å². The fourth-order valence-corrected chi connectivity index (χ4v) is 2.59. The summed E-state index contributed by atoms with van der Waals surface area (Å²) in [6.45, 7) is 0. The average molecular weight is 409 g/mol. The Bertz CT molecular complexity index is 920. The summed E-state index contributed by atoms with van der Waals surface area (Å²) in [5.74, 6) is -0.532. The van der Waals surface area contributed by atoms with E-state index in [2.05, 4.69) is 27.6 Å². The monoisotopic (exact) mass is 409 g/mol. The third kappa shape index (κ3) is 2.52. The number of oxazole rings is 1. The first-order chi connectivity index (χ1) is 10.5. The minimum atomic E-state index is -0.806. The van der Waals surface area contributed by atoms with Crippen LogP contribution in [0.1, 0.15) is 10.4 Å². The molecule has 0 aliphatic heterocycles. The van der Waals surface area contributed by atoms with Gasteiger partial charge < -0.3 is 10.2 Å². The van der Waals surface area contributed by atoms with Crippen molar-refractivity contribution in [1.82, 2.24) is 4.98 Å². The third-order valence-electron chi connectivity index (χ3n) is 3.02. The number of primary amides is 1. The topological polar surface area (TPSA) is 112 Å². The zero-order valence-corrected chi connectivity index (χ0v) is 13.1. The molecule has 0 radical (unpaired) electrons. The van der Waals surface area contributed by atoms with Gasteiger partial charge in [-0.1, -0.05) is 6.07 Å². The van der Waals surface area contributed by atoms with Crippen molar-refractivity contribution >= 4 is 45.3 Å². The number of amides is 1. The van der Waals surface area contributed by atoms with Gasteiger partial charge in [0.25, 0.3) is 11.6 Å². The third-order valence-corrected chi connectivity index (χ3v) is 3.69. The summed E-state index contributed by atoms with van der Waals surface area (Å²) in [6.07, 6.45) is 0. The first kappa shape index (κ1) is 14.4. The average Bonchev–Trinajstić information content (AvgIpc) is 2.89. The normalized spacial score (nSPS) is 10.8. The zero-order valence-electron chi connectivity index (χ0n) is 10.9. The summed E-state index contributed by atoms with van der Waals surface area (Å²) in [7, 11) is 0. The minimum Gasteiger partial charge on any atom is -0.435 e. The lowest BCUT2D eigenvalue weighted by molar-refractivity contribution is -0.384.